The van der Waals surface area contributed by atoms with Gasteiger partial charge in [-0.15, -0.1) is 11.3 Å². The summed E-state index contributed by atoms with van der Waals surface area (Å²) < 4.78 is 30.9. The molecule has 0 fully saturated rings. The van der Waals surface area contributed by atoms with Gasteiger partial charge in [-0.3, -0.25) is 4.72 Å². The second-order valence-electron chi connectivity index (χ2n) is 3.28. The van der Waals surface area contributed by atoms with E-state index in [9.17, 15) is 8.42 Å². The van der Waals surface area contributed by atoms with Gasteiger partial charge in [0.25, 0.3) is 10.0 Å². The monoisotopic (exact) mass is 274 g/mol. The molecule has 2 rings (SSSR count). The lowest BCUT2D eigenvalue weighted by molar-refractivity contribution is 0.236. The fourth-order valence-electron chi connectivity index (χ4n) is 1.15. The highest BCUT2D eigenvalue weighted by Gasteiger charge is 2.20. The molecule has 0 aliphatic rings. The van der Waals surface area contributed by atoms with E-state index in [4.69, 9.17) is 9.52 Å². The highest BCUT2D eigenvalue weighted by atomic mass is 32.2. The predicted molar refractivity (Wildman–Crippen MR) is 62.3 cm³/mol. The van der Waals surface area contributed by atoms with Gasteiger partial charge in [-0.1, -0.05) is 0 Å². The van der Waals surface area contributed by atoms with Crippen molar-refractivity contribution in [1.29, 1.82) is 0 Å². The van der Waals surface area contributed by atoms with Gasteiger partial charge in [0.2, 0.25) is 5.09 Å². The molecule has 2 aromatic heterocycles. The van der Waals surface area contributed by atoms with E-state index in [0.29, 0.717) is 0 Å². The Morgan fingerprint density at radius 3 is 2.82 bits per heavy atom. The van der Waals surface area contributed by atoms with Crippen LogP contribution in [0.2, 0.25) is 0 Å². The molecule has 0 saturated carbocycles. The highest BCUT2D eigenvalue weighted by molar-refractivity contribution is 7.92. The van der Waals surface area contributed by atoms with Gasteiger partial charge in [-0.25, -0.2) is 4.98 Å². The lowest BCUT2D eigenvalue weighted by Crippen LogP contribution is -2.11. The van der Waals surface area contributed by atoms with Crippen molar-refractivity contribution in [2.45, 2.75) is 18.6 Å². The number of hydrogen-bond donors (Lipinski definition) is 2. The van der Waals surface area contributed by atoms with Gasteiger partial charge in [-0.2, -0.15) is 8.42 Å². The summed E-state index contributed by atoms with van der Waals surface area (Å²) in [6.45, 7) is 1.43. The van der Waals surface area contributed by atoms with Crippen molar-refractivity contribution in [2.24, 2.45) is 0 Å². The maximum Gasteiger partial charge on any atom is 0.297 e. The Morgan fingerprint density at radius 1 is 1.53 bits per heavy atom. The van der Waals surface area contributed by atoms with Crippen LogP contribution >= 0.6 is 11.3 Å². The van der Waals surface area contributed by atoms with Crippen molar-refractivity contribution < 1.29 is 17.9 Å². The molecular formula is C9H10N2O4S2. The summed E-state index contributed by atoms with van der Waals surface area (Å²) in [7, 11) is -3.77. The van der Waals surface area contributed by atoms with Gasteiger partial charge in [-0.05, 0) is 19.1 Å². The largest absolute Gasteiger partial charge is 0.445 e. The van der Waals surface area contributed by atoms with E-state index >= 15 is 0 Å². The van der Waals surface area contributed by atoms with E-state index < -0.39 is 10.0 Å². The smallest absolute Gasteiger partial charge is 0.297 e. The van der Waals surface area contributed by atoms with Crippen LogP contribution in [0, 0.1) is 6.92 Å². The van der Waals surface area contributed by atoms with Crippen molar-refractivity contribution in [3.05, 3.63) is 29.0 Å². The number of nitrogens with one attached hydrogen (secondary N) is 1. The van der Waals surface area contributed by atoms with Crippen LogP contribution in [0.25, 0.3) is 0 Å². The van der Waals surface area contributed by atoms with E-state index in [2.05, 4.69) is 9.71 Å². The minimum atomic E-state index is -3.77. The SMILES string of the molecule is Cc1csc(NS(=O)(=O)c2ccc(CO)o2)n1. The van der Waals surface area contributed by atoms with Crippen molar-refractivity contribution in [3.8, 4) is 0 Å². The number of aryl methyl sites for hydroxylation is 1. The van der Waals surface area contributed by atoms with Crippen LogP contribution in [0.5, 0.6) is 0 Å². The van der Waals surface area contributed by atoms with Gasteiger partial charge in [0.05, 0.1) is 5.69 Å². The molecule has 6 nitrogen and oxygen atoms in total. The first kappa shape index (κ1) is 12.1. The fraction of sp³-hybridized carbons (Fsp3) is 0.222. The van der Waals surface area contributed by atoms with Crippen molar-refractivity contribution >= 4 is 26.5 Å². The lowest BCUT2D eigenvalue weighted by Gasteiger charge is -2.00. The third-order valence-electron chi connectivity index (χ3n) is 1.90. The van der Waals surface area contributed by atoms with Crippen LogP contribution < -0.4 is 4.72 Å². The summed E-state index contributed by atoms with van der Waals surface area (Å²) in [5.74, 6) is 0.195. The van der Waals surface area contributed by atoms with Gasteiger partial charge in [0, 0.05) is 5.38 Å². The Morgan fingerprint density at radius 2 is 2.29 bits per heavy atom. The Hall–Kier alpha value is -1.38. The van der Waals surface area contributed by atoms with Crippen LogP contribution in [-0.4, -0.2) is 18.5 Å². The number of rotatable bonds is 4. The zero-order valence-corrected chi connectivity index (χ0v) is 10.5. The van der Waals surface area contributed by atoms with Crippen molar-refractivity contribution in [3.63, 3.8) is 0 Å². The number of furan rings is 1. The number of aromatic nitrogens is 1. The average molecular weight is 274 g/mol. The zero-order valence-electron chi connectivity index (χ0n) is 8.87. The number of aliphatic hydroxyl groups is 1. The van der Waals surface area contributed by atoms with Crippen LogP contribution in [0.4, 0.5) is 5.13 Å². The van der Waals surface area contributed by atoms with Crippen molar-refractivity contribution in [1.82, 2.24) is 4.98 Å². The van der Waals surface area contributed by atoms with Gasteiger partial charge >= 0.3 is 0 Å². The van der Waals surface area contributed by atoms with E-state index in [-0.39, 0.29) is 22.6 Å². The molecule has 2 heterocycles. The molecule has 17 heavy (non-hydrogen) atoms. The molecule has 8 heteroatoms. The quantitative estimate of drug-likeness (QED) is 0.877. The molecule has 0 amide bonds. The number of aliphatic hydroxyl groups excluding tert-OH is 1. The Kier molecular flexibility index (Phi) is 3.18. The molecule has 0 unspecified atom stereocenters. The van der Waals surface area contributed by atoms with Gasteiger partial charge < -0.3 is 9.52 Å². The first-order valence-electron chi connectivity index (χ1n) is 4.66. The maximum atomic E-state index is 11.8. The second kappa shape index (κ2) is 4.47. The standard InChI is InChI=1S/C9H10N2O4S2/c1-6-5-16-9(10-6)11-17(13,14)8-3-2-7(4-12)15-8/h2-3,5,12H,4H2,1H3,(H,10,11). The third-order valence-corrected chi connectivity index (χ3v) is 4.11. The molecule has 0 radical (unpaired) electrons. The van der Waals surface area contributed by atoms with Crippen LogP contribution in [0.15, 0.2) is 27.0 Å². The lowest BCUT2D eigenvalue weighted by atomic mass is 10.5. The van der Waals surface area contributed by atoms with E-state index in [1.807, 2.05) is 0 Å². The van der Waals surface area contributed by atoms with E-state index in [1.165, 1.54) is 23.5 Å². The fourth-order valence-corrected chi connectivity index (χ4v) is 3.05. The van der Waals surface area contributed by atoms with Crippen LogP contribution in [0.1, 0.15) is 11.5 Å². The molecule has 0 saturated heterocycles. The molecule has 0 bridgehead atoms. The maximum absolute atomic E-state index is 11.8. The number of hydrogen-bond acceptors (Lipinski definition) is 6. The molecule has 0 aliphatic carbocycles. The normalized spacial score (nSPS) is 11.6. The summed E-state index contributed by atoms with van der Waals surface area (Å²) in [4.78, 5) is 3.99. The van der Waals surface area contributed by atoms with Crippen LogP contribution in [0.3, 0.4) is 0 Å². The Labute approximate surface area is 102 Å². The molecule has 0 spiro atoms. The summed E-state index contributed by atoms with van der Waals surface area (Å²) >= 11 is 1.19. The Bertz CT molecular complexity index is 614. The Balaban J connectivity index is 2.24. The number of nitrogens with zero attached hydrogens (tertiary/aromatic N) is 1. The van der Waals surface area contributed by atoms with E-state index in [0.717, 1.165) is 5.69 Å². The van der Waals surface area contributed by atoms with Crippen molar-refractivity contribution in [2.75, 3.05) is 4.72 Å². The van der Waals surface area contributed by atoms with Gasteiger partial charge in [0.1, 0.15) is 12.4 Å². The minimum Gasteiger partial charge on any atom is -0.445 e. The second-order valence-corrected chi connectivity index (χ2v) is 5.75. The minimum absolute atomic E-state index is 0.195. The van der Waals surface area contributed by atoms with Crippen LogP contribution in [-0.2, 0) is 16.6 Å². The van der Waals surface area contributed by atoms with Gasteiger partial charge in [0.15, 0.2) is 5.13 Å². The molecule has 2 N–H and O–H groups in total. The zero-order chi connectivity index (χ0) is 12.5. The molecule has 0 aromatic carbocycles. The predicted octanol–water partition coefficient (Wildman–Crippen LogP) is 1.34. The third kappa shape index (κ3) is 2.65. The number of anilines is 1. The number of thiazole rings is 1. The topological polar surface area (TPSA) is 92.4 Å². The average Bonchev–Trinajstić information content (AvgIpc) is 2.86. The molecule has 0 atom stereocenters. The summed E-state index contributed by atoms with van der Waals surface area (Å²) in [6, 6.07) is 2.69. The first-order chi connectivity index (χ1) is 8.01. The highest BCUT2D eigenvalue weighted by Crippen LogP contribution is 2.21. The molecular weight excluding hydrogens is 264 g/mol. The molecule has 92 valence electrons. The molecule has 0 aliphatic heterocycles. The molecule has 2 aromatic rings. The first-order valence-corrected chi connectivity index (χ1v) is 7.02. The summed E-state index contributed by atoms with van der Waals surface area (Å²) in [5, 5.41) is 10.6. The summed E-state index contributed by atoms with van der Waals surface area (Å²) in [6.07, 6.45) is 0. The number of sulfonamides is 1. The van der Waals surface area contributed by atoms with E-state index in [1.54, 1.807) is 12.3 Å². The summed E-state index contributed by atoms with van der Waals surface area (Å²) in [5.41, 5.74) is 0.739.